The van der Waals surface area contributed by atoms with Crippen LogP contribution in [-0.2, 0) is 16.1 Å². The topological polar surface area (TPSA) is 84.9 Å². The predicted octanol–water partition coefficient (Wildman–Crippen LogP) is 4.60. The van der Waals surface area contributed by atoms with E-state index in [9.17, 15) is 22.8 Å². The second-order valence-electron chi connectivity index (χ2n) is 7.69. The van der Waals surface area contributed by atoms with E-state index in [1.165, 1.54) is 30.2 Å². The van der Waals surface area contributed by atoms with E-state index in [-0.39, 0.29) is 24.1 Å². The van der Waals surface area contributed by atoms with Crippen molar-refractivity contribution in [1.29, 1.82) is 0 Å². The molecule has 0 bridgehead atoms. The van der Waals surface area contributed by atoms with Crippen molar-refractivity contribution >= 4 is 38.7 Å². The standard InChI is InChI=1S/C22H21F3N4O4S/c1-32-21(31)28-9-6-15(7-10-28)19(30)29(13-14-3-2-8-26-12-14)20-27-17-5-4-16(11-18(17)34-20)33-22(23,24)25/h2-5,8,11-12,15H,6-7,9-10,13H2,1H3. The summed E-state index contributed by atoms with van der Waals surface area (Å²) in [4.78, 5) is 37.0. The van der Waals surface area contributed by atoms with Crippen LogP contribution in [0.25, 0.3) is 10.2 Å². The van der Waals surface area contributed by atoms with Crippen LogP contribution in [0, 0.1) is 5.92 Å². The van der Waals surface area contributed by atoms with E-state index >= 15 is 0 Å². The van der Waals surface area contributed by atoms with Crippen LogP contribution in [0.4, 0.5) is 23.1 Å². The number of methoxy groups -OCH3 is 1. The first-order valence-corrected chi connectivity index (χ1v) is 11.2. The van der Waals surface area contributed by atoms with Crippen LogP contribution >= 0.6 is 11.3 Å². The fraction of sp³-hybridized carbons (Fsp3) is 0.364. The Labute approximate surface area is 196 Å². The average Bonchev–Trinajstić information content (AvgIpc) is 3.24. The Hall–Kier alpha value is -3.41. The Morgan fingerprint density at radius 2 is 2.00 bits per heavy atom. The lowest BCUT2D eigenvalue weighted by molar-refractivity contribution is -0.274. The number of aromatic nitrogens is 2. The molecule has 34 heavy (non-hydrogen) atoms. The number of nitrogens with zero attached hydrogens (tertiary/aromatic N) is 4. The fourth-order valence-corrected chi connectivity index (χ4v) is 4.78. The molecule has 4 rings (SSSR count). The van der Waals surface area contributed by atoms with Gasteiger partial charge in [0.15, 0.2) is 5.13 Å². The highest BCUT2D eigenvalue weighted by Gasteiger charge is 2.33. The first kappa shape index (κ1) is 23.7. The van der Waals surface area contributed by atoms with Crippen molar-refractivity contribution in [2.75, 3.05) is 25.1 Å². The van der Waals surface area contributed by atoms with Crippen molar-refractivity contribution in [3.05, 3.63) is 48.3 Å². The summed E-state index contributed by atoms with van der Waals surface area (Å²) in [6, 6.07) is 7.46. The molecule has 2 aromatic heterocycles. The molecular weight excluding hydrogens is 473 g/mol. The molecule has 1 aliphatic heterocycles. The molecule has 12 heteroatoms. The molecule has 180 valence electrons. The average molecular weight is 494 g/mol. The summed E-state index contributed by atoms with van der Waals surface area (Å²) in [7, 11) is 1.31. The number of rotatable bonds is 5. The van der Waals surface area contributed by atoms with Gasteiger partial charge in [0.2, 0.25) is 5.91 Å². The third kappa shape index (κ3) is 5.56. The van der Waals surface area contributed by atoms with Gasteiger partial charge >= 0.3 is 12.5 Å². The van der Waals surface area contributed by atoms with E-state index in [0.29, 0.717) is 41.3 Å². The summed E-state index contributed by atoms with van der Waals surface area (Å²) in [5, 5.41) is 0.364. The lowest BCUT2D eigenvalue weighted by Gasteiger charge is -2.32. The van der Waals surface area contributed by atoms with E-state index in [1.807, 2.05) is 6.07 Å². The first-order valence-electron chi connectivity index (χ1n) is 10.4. The number of anilines is 1. The quantitative estimate of drug-likeness (QED) is 0.516. The minimum absolute atomic E-state index is 0.167. The fourth-order valence-electron chi connectivity index (χ4n) is 3.78. The Balaban J connectivity index is 1.60. The van der Waals surface area contributed by atoms with Gasteiger partial charge in [-0.05, 0) is 36.6 Å². The van der Waals surface area contributed by atoms with Gasteiger partial charge in [-0.15, -0.1) is 13.2 Å². The number of piperidine rings is 1. The molecule has 1 saturated heterocycles. The second-order valence-corrected chi connectivity index (χ2v) is 8.70. The molecule has 1 fully saturated rings. The number of fused-ring (bicyclic) bond motifs is 1. The smallest absolute Gasteiger partial charge is 0.453 e. The van der Waals surface area contributed by atoms with Crippen LogP contribution in [0.3, 0.4) is 0 Å². The van der Waals surface area contributed by atoms with Gasteiger partial charge in [-0.25, -0.2) is 9.78 Å². The van der Waals surface area contributed by atoms with Crippen LogP contribution in [0.1, 0.15) is 18.4 Å². The Bertz CT molecular complexity index is 1160. The van der Waals surface area contributed by atoms with Crippen molar-refractivity contribution in [3.63, 3.8) is 0 Å². The highest BCUT2D eigenvalue weighted by molar-refractivity contribution is 7.22. The van der Waals surface area contributed by atoms with Gasteiger partial charge in [-0.2, -0.15) is 0 Å². The van der Waals surface area contributed by atoms with E-state index in [4.69, 9.17) is 4.74 Å². The molecule has 1 aliphatic rings. The van der Waals surface area contributed by atoms with E-state index in [1.54, 1.807) is 23.4 Å². The number of likely N-dealkylation sites (tertiary alicyclic amines) is 1. The zero-order valence-electron chi connectivity index (χ0n) is 18.1. The first-order chi connectivity index (χ1) is 16.2. The number of pyridine rings is 1. The van der Waals surface area contributed by atoms with Gasteiger partial charge < -0.3 is 14.4 Å². The summed E-state index contributed by atoms with van der Waals surface area (Å²) in [6.07, 6.45) is -1.04. The number of carbonyl (C=O) groups excluding carboxylic acids is 2. The highest BCUT2D eigenvalue weighted by atomic mass is 32.1. The summed E-state index contributed by atoms with van der Waals surface area (Å²) >= 11 is 1.11. The summed E-state index contributed by atoms with van der Waals surface area (Å²) in [6.45, 7) is 0.985. The number of hydrogen-bond donors (Lipinski definition) is 0. The molecular formula is C22H21F3N4O4S. The minimum Gasteiger partial charge on any atom is -0.453 e. The second kappa shape index (κ2) is 9.84. The van der Waals surface area contributed by atoms with Crippen molar-refractivity contribution in [2.24, 2.45) is 5.92 Å². The molecule has 0 aliphatic carbocycles. The van der Waals surface area contributed by atoms with Gasteiger partial charge in [0.25, 0.3) is 0 Å². The van der Waals surface area contributed by atoms with E-state index in [2.05, 4.69) is 14.7 Å². The lowest BCUT2D eigenvalue weighted by Crippen LogP contribution is -2.44. The van der Waals surface area contributed by atoms with Crippen LogP contribution in [0.15, 0.2) is 42.7 Å². The van der Waals surface area contributed by atoms with Gasteiger partial charge in [0, 0.05) is 37.5 Å². The van der Waals surface area contributed by atoms with Gasteiger partial charge in [0.05, 0.1) is 23.9 Å². The van der Waals surface area contributed by atoms with Crippen molar-refractivity contribution in [3.8, 4) is 5.75 Å². The summed E-state index contributed by atoms with van der Waals surface area (Å²) in [5.41, 5.74) is 1.24. The SMILES string of the molecule is COC(=O)N1CCC(C(=O)N(Cc2cccnc2)c2nc3ccc(OC(F)(F)F)cc3s2)CC1. The molecule has 3 heterocycles. The minimum atomic E-state index is -4.80. The maximum Gasteiger partial charge on any atom is 0.573 e. The predicted molar refractivity (Wildman–Crippen MR) is 118 cm³/mol. The third-order valence-corrected chi connectivity index (χ3v) is 6.46. The van der Waals surface area contributed by atoms with E-state index in [0.717, 1.165) is 16.9 Å². The number of amides is 2. The Morgan fingerprint density at radius 3 is 2.65 bits per heavy atom. The van der Waals surface area contributed by atoms with Gasteiger partial charge in [-0.3, -0.25) is 14.7 Å². The van der Waals surface area contributed by atoms with Gasteiger partial charge in [-0.1, -0.05) is 17.4 Å². The Kier molecular flexibility index (Phi) is 6.87. The summed E-state index contributed by atoms with van der Waals surface area (Å²) in [5.74, 6) is -0.858. The zero-order valence-corrected chi connectivity index (χ0v) is 18.9. The molecule has 0 radical (unpaired) electrons. The highest BCUT2D eigenvalue weighted by Crippen LogP contribution is 2.35. The third-order valence-electron chi connectivity index (χ3n) is 5.42. The van der Waals surface area contributed by atoms with Crippen molar-refractivity contribution < 1.29 is 32.2 Å². The number of carbonyl (C=O) groups is 2. The maximum atomic E-state index is 13.5. The van der Waals surface area contributed by atoms with Gasteiger partial charge in [0.1, 0.15) is 5.75 Å². The molecule has 1 aromatic carbocycles. The van der Waals surface area contributed by atoms with Crippen molar-refractivity contribution in [2.45, 2.75) is 25.7 Å². The Morgan fingerprint density at radius 1 is 1.24 bits per heavy atom. The van der Waals surface area contributed by atoms with Crippen LogP contribution in [0.2, 0.25) is 0 Å². The zero-order chi connectivity index (χ0) is 24.3. The molecule has 2 amide bonds. The lowest BCUT2D eigenvalue weighted by atomic mass is 9.95. The molecule has 3 aromatic rings. The number of hydrogen-bond acceptors (Lipinski definition) is 7. The number of alkyl halides is 3. The van der Waals surface area contributed by atoms with Crippen LogP contribution in [-0.4, -0.2) is 53.4 Å². The molecule has 0 atom stereocenters. The number of benzene rings is 1. The van der Waals surface area contributed by atoms with Crippen LogP contribution in [0.5, 0.6) is 5.75 Å². The molecule has 0 unspecified atom stereocenters. The molecule has 8 nitrogen and oxygen atoms in total. The largest absolute Gasteiger partial charge is 0.573 e. The molecule has 0 saturated carbocycles. The molecule has 0 spiro atoms. The van der Waals surface area contributed by atoms with E-state index < -0.39 is 12.5 Å². The number of ether oxygens (including phenoxy) is 2. The maximum absolute atomic E-state index is 13.5. The number of halogens is 3. The van der Waals surface area contributed by atoms with Crippen LogP contribution < -0.4 is 9.64 Å². The number of thiazole rings is 1. The monoisotopic (exact) mass is 494 g/mol. The summed E-state index contributed by atoms with van der Waals surface area (Å²) < 4.78 is 47.0. The van der Waals surface area contributed by atoms with Crippen molar-refractivity contribution in [1.82, 2.24) is 14.9 Å². The molecule has 0 N–H and O–H groups in total. The normalized spacial score (nSPS) is 14.8.